The van der Waals surface area contributed by atoms with Crippen molar-refractivity contribution in [3.63, 3.8) is 0 Å². The molecule has 6 nitrogen and oxygen atoms in total. The van der Waals surface area contributed by atoms with Crippen LogP contribution in [0.15, 0.2) is 0 Å². The normalized spacial score (nSPS) is 14.2. The number of carboxylic acid groups (broad SMARTS) is 1. The van der Waals surface area contributed by atoms with E-state index in [1.165, 1.54) is 0 Å². The van der Waals surface area contributed by atoms with Gasteiger partial charge in [0.15, 0.2) is 0 Å². The van der Waals surface area contributed by atoms with E-state index in [0.717, 1.165) is 0 Å². The van der Waals surface area contributed by atoms with Crippen LogP contribution in [0.5, 0.6) is 0 Å². The Labute approximate surface area is 70.1 Å². The number of carbonyl (C=O) groups is 1. The Morgan fingerprint density at radius 2 is 2.00 bits per heavy atom. The fraction of sp³-hybridized carbons (Fsp3) is 0.800. The summed E-state index contributed by atoms with van der Waals surface area (Å²) in [5, 5.41) is 8.19. The second kappa shape index (κ2) is 4.39. The van der Waals surface area contributed by atoms with Crippen LogP contribution in [0.1, 0.15) is 12.8 Å². The highest BCUT2D eigenvalue weighted by molar-refractivity contribution is 7.85. The Morgan fingerprint density at radius 1 is 1.50 bits per heavy atom. The summed E-state index contributed by atoms with van der Waals surface area (Å²) in [6, 6.07) is -0.823. The quantitative estimate of drug-likeness (QED) is 0.490. The highest BCUT2D eigenvalue weighted by Crippen LogP contribution is 1.97. The van der Waals surface area contributed by atoms with Crippen LogP contribution in [0.4, 0.5) is 0 Å². The SMILES string of the molecule is NC(CCC(=O)O)CS(=O)(=O)O. The van der Waals surface area contributed by atoms with Gasteiger partial charge >= 0.3 is 5.97 Å². The molecule has 1 atom stereocenters. The molecule has 0 fully saturated rings. The minimum atomic E-state index is -4.09. The van der Waals surface area contributed by atoms with Crippen molar-refractivity contribution in [2.75, 3.05) is 5.75 Å². The first kappa shape index (κ1) is 11.3. The molecule has 0 aromatic heterocycles. The van der Waals surface area contributed by atoms with E-state index in [9.17, 15) is 13.2 Å². The largest absolute Gasteiger partial charge is 0.481 e. The average Bonchev–Trinajstić information content (AvgIpc) is 1.79. The fourth-order valence-electron chi connectivity index (χ4n) is 0.663. The van der Waals surface area contributed by atoms with Gasteiger partial charge in [-0.1, -0.05) is 0 Å². The molecule has 0 bridgehead atoms. The molecule has 12 heavy (non-hydrogen) atoms. The van der Waals surface area contributed by atoms with E-state index in [1.807, 2.05) is 0 Å². The molecule has 0 saturated heterocycles. The lowest BCUT2D eigenvalue weighted by Crippen LogP contribution is -2.29. The van der Waals surface area contributed by atoms with Crippen molar-refractivity contribution in [1.29, 1.82) is 0 Å². The maximum Gasteiger partial charge on any atom is 0.303 e. The van der Waals surface area contributed by atoms with Crippen LogP contribution in [0.2, 0.25) is 0 Å². The van der Waals surface area contributed by atoms with E-state index in [0.29, 0.717) is 0 Å². The molecule has 7 heteroatoms. The Kier molecular flexibility index (Phi) is 4.15. The van der Waals surface area contributed by atoms with Gasteiger partial charge in [-0.25, -0.2) is 0 Å². The van der Waals surface area contributed by atoms with E-state index < -0.39 is 27.9 Å². The zero-order chi connectivity index (χ0) is 9.78. The highest BCUT2D eigenvalue weighted by Gasteiger charge is 2.13. The smallest absolute Gasteiger partial charge is 0.303 e. The minimum Gasteiger partial charge on any atom is -0.481 e. The molecule has 1 unspecified atom stereocenters. The molecule has 0 aromatic carbocycles. The predicted molar refractivity (Wildman–Crippen MR) is 41.3 cm³/mol. The summed E-state index contributed by atoms with van der Waals surface area (Å²) in [5.41, 5.74) is 5.21. The zero-order valence-corrected chi connectivity index (χ0v) is 7.12. The lowest BCUT2D eigenvalue weighted by atomic mass is 10.2. The Bertz CT molecular complexity index is 247. The van der Waals surface area contributed by atoms with E-state index >= 15 is 0 Å². The molecule has 0 amide bonds. The maximum atomic E-state index is 10.2. The second-order valence-corrected chi connectivity index (χ2v) is 3.94. The molecule has 0 heterocycles. The van der Waals surface area contributed by atoms with Crippen LogP contribution in [0.25, 0.3) is 0 Å². The van der Waals surface area contributed by atoms with Crippen molar-refractivity contribution >= 4 is 16.1 Å². The monoisotopic (exact) mass is 197 g/mol. The molecule has 0 aliphatic rings. The zero-order valence-electron chi connectivity index (χ0n) is 6.30. The van der Waals surface area contributed by atoms with Gasteiger partial charge in [0.25, 0.3) is 10.1 Å². The first-order chi connectivity index (χ1) is 5.31. The van der Waals surface area contributed by atoms with Gasteiger partial charge in [0.2, 0.25) is 0 Å². The van der Waals surface area contributed by atoms with Gasteiger partial charge in [-0.2, -0.15) is 8.42 Å². The summed E-state index contributed by atoms with van der Waals surface area (Å²) in [7, 11) is -4.09. The summed E-state index contributed by atoms with van der Waals surface area (Å²) in [6.07, 6.45) is -0.161. The van der Waals surface area contributed by atoms with E-state index in [-0.39, 0.29) is 12.8 Å². The summed E-state index contributed by atoms with van der Waals surface area (Å²) in [4.78, 5) is 10.0. The van der Waals surface area contributed by atoms with Crippen molar-refractivity contribution in [3.05, 3.63) is 0 Å². The Morgan fingerprint density at radius 3 is 2.33 bits per heavy atom. The average molecular weight is 197 g/mol. The molecular weight excluding hydrogens is 186 g/mol. The molecular formula is C5H11NO5S. The third-order valence-electron chi connectivity index (χ3n) is 1.15. The van der Waals surface area contributed by atoms with Gasteiger partial charge in [0.05, 0.1) is 5.75 Å². The van der Waals surface area contributed by atoms with Gasteiger partial charge in [-0.3, -0.25) is 9.35 Å². The third kappa shape index (κ3) is 7.45. The number of carboxylic acids is 1. The van der Waals surface area contributed by atoms with Gasteiger partial charge in [-0.15, -0.1) is 0 Å². The molecule has 0 spiro atoms. The van der Waals surface area contributed by atoms with Crippen molar-refractivity contribution in [2.24, 2.45) is 5.73 Å². The number of nitrogens with two attached hydrogens (primary N) is 1. The number of hydrogen-bond acceptors (Lipinski definition) is 4. The summed E-state index contributed by atoms with van der Waals surface area (Å²) >= 11 is 0. The lowest BCUT2D eigenvalue weighted by molar-refractivity contribution is -0.137. The third-order valence-corrected chi connectivity index (χ3v) is 2.00. The van der Waals surface area contributed by atoms with Crippen LogP contribution < -0.4 is 5.73 Å². The molecule has 0 aliphatic carbocycles. The van der Waals surface area contributed by atoms with Crippen molar-refractivity contribution in [2.45, 2.75) is 18.9 Å². The lowest BCUT2D eigenvalue weighted by Gasteiger charge is -2.06. The number of aliphatic carboxylic acids is 1. The van der Waals surface area contributed by atoms with Gasteiger partial charge in [0, 0.05) is 12.5 Å². The van der Waals surface area contributed by atoms with Crippen LogP contribution >= 0.6 is 0 Å². The number of rotatable bonds is 5. The van der Waals surface area contributed by atoms with Crippen LogP contribution in [0.3, 0.4) is 0 Å². The van der Waals surface area contributed by atoms with E-state index in [4.69, 9.17) is 15.4 Å². The van der Waals surface area contributed by atoms with Crippen LogP contribution in [0, 0.1) is 0 Å². The summed E-state index contributed by atoms with van der Waals surface area (Å²) < 4.78 is 28.7. The molecule has 0 saturated carbocycles. The highest BCUT2D eigenvalue weighted by atomic mass is 32.2. The van der Waals surface area contributed by atoms with E-state index in [2.05, 4.69) is 0 Å². The summed E-state index contributed by atoms with van der Waals surface area (Å²) in [6.45, 7) is 0. The maximum absolute atomic E-state index is 10.2. The second-order valence-electron chi connectivity index (χ2n) is 2.44. The standard InChI is InChI=1S/C5H11NO5S/c6-4(1-2-5(7)8)3-12(9,10)11/h4H,1-3,6H2,(H,7,8)(H,9,10,11). The number of hydrogen-bond donors (Lipinski definition) is 3. The Balaban J connectivity index is 3.75. The van der Waals surface area contributed by atoms with Crippen molar-refractivity contribution < 1.29 is 22.9 Å². The molecule has 4 N–H and O–H groups in total. The molecule has 0 rings (SSSR count). The first-order valence-electron chi connectivity index (χ1n) is 3.24. The molecule has 72 valence electrons. The van der Waals surface area contributed by atoms with E-state index in [1.54, 1.807) is 0 Å². The van der Waals surface area contributed by atoms with Crippen LogP contribution in [-0.2, 0) is 14.9 Å². The molecule has 0 radical (unpaired) electrons. The molecule has 0 aromatic rings. The predicted octanol–water partition coefficient (Wildman–Crippen LogP) is -0.934. The fourth-order valence-corrected chi connectivity index (χ4v) is 1.37. The van der Waals surface area contributed by atoms with Crippen LogP contribution in [-0.4, -0.2) is 35.8 Å². The Hall–Kier alpha value is -0.660. The van der Waals surface area contributed by atoms with Gasteiger partial charge in [0.1, 0.15) is 0 Å². The first-order valence-corrected chi connectivity index (χ1v) is 4.84. The van der Waals surface area contributed by atoms with Gasteiger partial charge in [-0.05, 0) is 6.42 Å². The van der Waals surface area contributed by atoms with Crippen molar-refractivity contribution in [1.82, 2.24) is 0 Å². The molecule has 0 aliphatic heterocycles. The summed E-state index contributed by atoms with van der Waals surface area (Å²) in [5.74, 6) is -1.64. The van der Waals surface area contributed by atoms with Crippen molar-refractivity contribution in [3.8, 4) is 0 Å². The minimum absolute atomic E-state index is 0.0368. The van der Waals surface area contributed by atoms with Gasteiger partial charge < -0.3 is 10.8 Å². The topological polar surface area (TPSA) is 118 Å².